The molecule has 3 aromatic carbocycles. The molecule has 0 unspecified atom stereocenters. The minimum Gasteiger partial charge on any atom is -0.497 e. The van der Waals surface area contributed by atoms with E-state index >= 15 is 0 Å². The summed E-state index contributed by atoms with van der Waals surface area (Å²) in [5, 5.41) is 17.8. The molecule has 0 saturated heterocycles. The van der Waals surface area contributed by atoms with Crippen molar-refractivity contribution in [3.05, 3.63) is 83.9 Å². The van der Waals surface area contributed by atoms with Crippen LogP contribution in [-0.2, 0) is 11.3 Å². The van der Waals surface area contributed by atoms with Gasteiger partial charge in [0.15, 0.2) is 5.78 Å². The van der Waals surface area contributed by atoms with Gasteiger partial charge in [-0.05, 0) is 60.7 Å². The number of nitrogens with zero attached hydrogens (tertiary/aromatic N) is 4. The quantitative estimate of drug-likeness (QED) is 0.378. The van der Waals surface area contributed by atoms with Crippen LogP contribution in [0.2, 0.25) is 0 Å². The van der Waals surface area contributed by atoms with Crippen molar-refractivity contribution in [1.82, 2.24) is 20.2 Å². The van der Waals surface area contributed by atoms with E-state index < -0.39 is 0 Å². The summed E-state index contributed by atoms with van der Waals surface area (Å²) < 4.78 is 5.12. The lowest BCUT2D eigenvalue weighted by Crippen LogP contribution is -2.20. The minimum atomic E-state index is -0.379. The first-order valence-electron chi connectivity index (χ1n) is 10.7. The number of Topliss-reactive ketones (excluding diaryl/α,β-unsaturated/α-hetero) is 1. The maximum atomic E-state index is 12.7. The van der Waals surface area contributed by atoms with Crippen molar-refractivity contribution in [3.63, 3.8) is 0 Å². The number of ketones is 1. The largest absolute Gasteiger partial charge is 0.497 e. The average molecular weight is 470 g/mol. The van der Waals surface area contributed by atoms with E-state index in [9.17, 15) is 14.4 Å². The number of para-hydroxylation sites is 1. The van der Waals surface area contributed by atoms with Crippen LogP contribution in [0.25, 0.3) is 11.4 Å². The Balaban J connectivity index is 1.45. The number of hydrogen-bond acceptors (Lipinski definition) is 7. The molecule has 0 fully saturated rings. The second kappa shape index (κ2) is 10.4. The van der Waals surface area contributed by atoms with Crippen molar-refractivity contribution >= 4 is 29.0 Å². The maximum absolute atomic E-state index is 12.7. The molecule has 0 radical (unpaired) electrons. The molecule has 0 bridgehead atoms. The summed E-state index contributed by atoms with van der Waals surface area (Å²) in [6, 6.07) is 20.4. The third kappa shape index (κ3) is 5.74. The maximum Gasteiger partial charge on any atom is 0.255 e. The second-order valence-electron chi connectivity index (χ2n) is 7.56. The van der Waals surface area contributed by atoms with Crippen LogP contribution in [0.3, 0.4) is 0 Å². The molecule has 10 heteroatoms. The van der Waals surface area contributed by atoms with Gasteiger partial charge in [0.2, 0.25) is 11.7 Å². The summed E-state index contributed by atoms with van der Waals surface area (Å²) in [5.74, 6) is 0.122. The highest BCUT2D eigenvalue weighted by Gasteiger charge is 2.15. The van der Waals surface area contributed by atoms with E-state index in [1.165, 1.54) is 6.92 Å². The van der Waals surface area contributed by atoms with Gasteiger partial charge in [-0.2, -0.15) is 4.80 Å². The second-order valence-corrected chi connectivity index (χ2v) is 7.56. The topological polar surface area (TPSA) is 128 Å². The number of aromatic nitrogens is 4. The molecule has 1 heterocycles. The van der Waals surface area contributed by atoms with E-state index in [1.807, 2.05) is 0 Å². The van der Waals surface area contributed by atoms with Gasteiger partial charge in [-0.3, -0.25) is 14.4 Å². The zero-order valence-electron chi connectivity index (χ0n) is 19.1. The number of carbonyl (C=O) groups excluding carboxylic acids is 3. The summed E-state index contributed by atoms with van der Waals surface area (Å²) in [6.07, 6.45) is 0. The van der Waals surface area contributed by atoms with Crippen molar-refractivity contribution in [2.75, 3.05) is 17.7 Å². The zero-order valence-corrected chi connectivity index (χ0v) is 19.1. The lowest BCUT2D eigenvalue weighted by Gasteiger charge is -2.09. The van der Waals surface area contributed by atoms with E-state index in [4.69, 9.17) is 4.74 Å². The number of ether oxygens (including phenoxy) is 1. The van der Waals surface area contributed by atoms with Crippen molar-refractivity contribution in [2.45, 2.75) is 13.5 Å². The molecule has 0 spiro atoms. The Morgan fingerprint density at radius 2 is 1.69 bits per heavy atom. The van der Waals surface area contributed by atoms with Gasteiger partial charge in [0.05, 0.1) is 12.8 Å². The number of rotatable bonds is 8. The van der Waals surface area contributed by atoms with Gasteiger partial charge >= 0.3 is 0 Å². The highest BCUT2D eigenvalue weighted by atomic mass is 16.5. The molecule has 1 aromatic heterocycles. The Morgan fingerprint density at radius 3 is 2.43 bits per heavy atom. The van der Waals surface area contributed by atoms with Crippen molar-refractivity contribution in [2.24, 2.45) is 0 Å². The van der Waals surface area contributed by atoms with Crippen LogP contribution in [0, 0.1) is 0 Å². The van der Waals surface area contributed by atoms with E-state index in [2.05, 4.69) is 26.0 Å². The van der Waals surface area contributed by atoms with Crippen LogP contribution in [0.1, 0.15) is 27.6 Å². The Labute approximate surface area is 200 Å². The standard InChI is InChI=1S/C25H22N6O4/c1-16(32)18-6-5-7-19(14-18)26-23(33)15-31-29-24(28-30-31)21-8-3-4-9-22(21)27-25(34)17-10-12-20(35-2)13-11-17/h3-14H,15H2,1-2H3,(H,26,33)(H,27,34). The summed E-state index contributed by atoms with van der Waals surface area (Å²) >= 11 is 0. The van der Waals surface area contributed by atoms with E-state index in [1.54, 1.807) is 79.9 Å². The average Bonchev–Trinajstić information content (AvgIpc) is 3.32. The molecule has 4 aromatic rings. The fourth-order valence-electron chi connectivity index (χ4n) is 3.29. The monoisotopic (exact) mass is 470 g/mol. The summed E-state index contributed by atoms with van der Waals surface area (Å²) in [6.45, 7) is 1.27. The van der Waals surface area contributed by atoms with Crippen LogP contribution in [0.4, 0.5) is 11.4 Å². The van der Waals surface area contributed by atoms with Crippen LogP contribution < -0.4 is 15.4 Å². The molecular weight excluding hydrogens is 448 g/mol. The number of benzene rings is 3. The van der Waals surface area contributed by atoms with Crippen LogP contribution in [0.5, 0.6) is 5.75 Å². The Morgan fingerprint density at radius 1 is 0.914 bits per heavy atom. The number of methoxy groups -OCH3 is 1. The predicted octanol–water partition coefficient (Wildman–Crippen LogP) is 3.44. The first-order valence-corrected chi connectivity index (χ1v) is 10.7. The molecule has 2 amide bonds. The van der Waals surface area contributed by atoms with Crippen molar-refractivity contribution < 1.29 is 19.1 Å². The summed E-state index contributed by atoms with van der Waals surface area (Å²) in [5.41, 5.74) is 2.50. The molecule has 0 atom stereocenters. The van der Waals surface area contributed by atoms with E-state index in [0.29, 0.717) is 33.8 Å². The van der Waals surface area contributed by atoms with Gasteiger partial charge in [-0.1, -0.05) is 24.3 Å². The minimum absolute atomic E-state index is 0.0959. The Hall–Kier alpha value is -4.86. The molecule has 0 saturated carbocycles. The summed E-state index contributed by atoms with van der Waals surface area (Å²) in [7, 11) is 1.56. The molecule has 4 rings (SSSR count). The molecule has 0 aliphatic rings. The highest BCUT2D eigenvalue weighted by Crippen LogP contribution is 2.25. The van der Waals surface area contributed by atoms with Crippen LogP contribution >= 0.6 is 0 Å². The number of amides is 2. The SMILES string of the molecule is COc1ccc(C(=O)Nc2ccccc2-c2nnn(CC(=O)Nc3cccc(C(C)=O)c3)n2)cc1. The fraction of sp³-hybridized carbons (Fsp3) is 0.120. The summed E-state index contributed by atoms with van der Waals surface area (Å²) in [4.78, 5) is 37.8. The lowest BCUT2D eigenvalue weighted by atomic mass is 10.1. The zero-order chi connectivity index (χ0) is 24.8. The number of carbonyl (C=O) groups is 3. The number of hydrogen-bond donors (Lipinski definition) is 2. The molecule has 176 valence electrons. The van der Waals surface area contributed by atoms with Crippen LogP contribution in [-0.4, -0.2) is 44.9 Å². The Bertz CT molecular complexity index is 1380. The highest BCUT2D eigenvalue weighted by molar-refractivity contribution is 6.06. The number of nitrogens with one attached hydrogen (secondary N) is 2. The first kappa shape index (κ1) is 23.3. The predicted molar refractivity (Wildman–Crippen MR) is 129 cm³/mol. The molecule has 10 nitrogen and oxygen atoms in total. The first-order chi connectivity index (χ1) is 16.9. The van der Waals surface area contributed by atoms with Crippen LogP contribution in [0.15, 0.2) is 72.8 Å². The third-order valence-electron chi connectivity index (χ3n) is 5.06. The van der Waals surface area contributed by atoms with Crippen molar-refractivity contribution in [1.29, 1.82) is 0 Å². The van der Waals surface area contributed by atoms with Gasteiger partial charge in [0, 0.05) is 22.4 Å². The molecule has 35 heavy (non-hydrogen) atoms. The lowest BCUT2D eigenvalue weighted by molar-refractivity contribution is -0.117. The van der Waals surface area contributed by atoms with Gasteiger partial charge < -0.3 is 15.4 Å². The molecule has 2 N–H and O–H groups in total. The van der Waals surface area contributed by atoms with Gasteiger partial charge in [-0.25, -0.2) is 0 Å². The van der Waals surface area contributed by atoms with E-state index in [-0.39, 0.29) is 30.0 Å². The molecule has 0 aliphatic carbocycles. The van der Waals surface area contributed by atoms with Gasteiger partial charge in [-0.15, -0.1) is 10.2 Å². The molecule has 0 aliphatic heterocycles. The smallest absolute Gasteiger partial charge is 0.255 e. The number of tetrazole rings is 1. The Kier molecular flexibility index (Phi) is 6.91. The number of anilines is 2. The third-order valence-corrected chi connectivity index (χ3v) is 5.06. The van der Waals surface area contributed by atoms with Crippen molar-refractivity contribution in [3.8, 4) is 17.1 Å². The van der Waals surface area contributed by atoms with Gasteiger partial charge in [0.25, 0.3) is 5.91 Å². The van der Waals surface area contributed by atoms with E-state index in [0.717, 1.165) is 4.80 Å². The van der Waals surface area contributed by atoms with Gasteiger partial charge in [0.1, 0.15) is 12.3 Å². The normalized spacial score (nSPS) is 10.5. The molecular formula is C25H22N6O4. The fourth-order valence-corrected chi connectivity index (χ4v) is 3.29.